The third-order valence-corrected chi connectivity index (χ3v) is 18.5. The van der Waals surface area contributed by atoms with Crippen LogP contribution in [0, 0.1) is 17.8 Å². The van der Waals surface area contributed by atoms with Crippen molar-refractivity contribution in [2.45, 2.75) is 146 Å². The number of hydrogen-bond donors (Lipinski definition) is 15. The Hall–Kier alpha value is -9.87. The van der Waals surface area contributed by atoms with Gasteiger partial charge in [-0.25, -0.2) is 8.42 Å². The molecule has 7 rings (SSSR count). The molecule has 2 bridgehead atoms. The number of carbonyl (C=O) groups excluding carboxylic acids is 14. The Bertz CT molecular complexity index is 3670. The topological polar surface area (TPSA) is 512 Å². The summed E-state index contributed by atoms with van der Waals surface area (Å²) < 4.78 is 36.6. The lowest BCUT2D eigenvalue weighted by molar-refractivity contribution is -0.144. The molecule has 5 heterocycles. The second-order valence-corrected chi connectivity index (χ2v) is 26.3. The Morgan fingerprint density at radius 1 is 0.760 bits per heavy atom. The molecule has 1 aromatic heterocycles. The SMILES string of the molecule is CC[C@H](C)C1NC(=O)CNC(=O)[C@@H]2Cc3c([nH]c4cc(OCc5ccc(NC(=O)[C@H](C)NC(=O)[C@@H](NC(=O)CCN6C(=O)C=CC6=O)C(C)C)cc5)ccc34)S(=O)(=O)C[C@H](NC(=O)CNC1=O)C(=O)N[C@@H](CC(N)=O)C(=O)N1C[C@H](O)C[C@H]1C(=O)N[C@@H]([C@@H](C)[C@@H](O)CO)C(=O)N2. The van der Waals surface area contributed by atoms with Crippen LogP contribution in [-0.4, -0.2) is 220 Å². The number of carbonyl (C=O) groups is 14. The molecule has 2 aromatic carbocycles. The van der Waals surface area contributed by atoms with Gasteiger partial charge in [-0.2, -0.15) is 0 Å². The standard InChI is InChI=1S/C61H80N14O20S/c1-7-29(4)51-57(89)64-22-46(81)67-41-27-96(93,94)60-37(20-39(54(86)63-23-47(82)72-51)68-59(91)52(30(5)43(78)25-76)73-56(88)42-18-34(77)24-75(42)61(92)40(21-44(62)79)69-55(41)87)36-13-12-35(19-38(36)70-60)95-26-32-8-10-33(11-9-32)66-53(85)31(6)65-58(90)50(28(2)3)71-45(80)16-17-74-48(83)14-15-49(74)84/h8-15,19,28-31,34,39-43,50-52,70,76-78H,7,16-18,20-27H2,1-6H3,(H2,62,79)(H,63,86)(H,64,89)(H,65,90)(H,66,85)(H,67,81)(H,68,91)(H,69,87)(H,71,80)(H,72,82)(H,73,88)/t29-,30-,31-,34+,39-,40-,41-,42-,43-,50-,51?,52-/m0/s1. The average molecular weight is 1360 g/mol. The fourth-order valence-electron chi connectivity index (χ4n) is 11.0. The largest absolute Gasteiger partial charge is 0.489 e. The Morgan fingerprint density at radius 3 is 2.05 bits per heavy atom. The zero-order valence-corrected chi connectivity index (χ0v) is 54.2. The highest BCUT2D eigenvalue weighted by Gasteiger charge is 2.46. The van der Waals surface area contributed by atoms with E-state index in [2.05, 4.69) is 58.2 Å². The van der Waals surface area contributed by atoms with Gasteiger partial charge in [0.25, 0.3) is 11.8 Å². The molecule has 0 radical (unpaired) electrons. The predicted molar refractivity (Wildman–Crippen MR) is 336 cm³/mol. The van der Waals surface area contributed by atoms with E-state index in [-0.39, 0.29) is 41.8 Å². The first-order chi connectivity index (χ1) is 45.3. The summed E-state index contributed by atoms with van der Waals surface area (Å²) in [7, 11) is -5.07. The summed E-state index contributed by atoms with van der Waals surface area (Å²) in [5.74, 6) is -17.1. The first-order valence-corrected chi connectivity index (χ1v) is 32.6. The summed E-state index contributed by atoms with van der Waals surface area (Å²) in [5.41, 5.74) is 6.13. The molecule has 3 aromatic rings. The van der Waals surface area contributed by atoms with Crippen LogP contribution < -0.4 is 63.6 Å². The van der Waals surface area contributed by atoms with E-state index in [1.807, 2.05) is 0 Å². The number of aromatic amines is 1. The van der Waals surface area contributed by atoms with Crippen LogP contribution in [0.5, 0.6) is 5.75 Å². The van der Waals surface area contributed by atoms with Crippen LogP contribution in [0.3, 0.4) is 0 Å². The van der Waals surface area contributed by atoms with Crippen molar-refractivity contribution in [2.24, 2.45) is 23.5 Å². The summed E-state index contributed by atoms with van der Waals surface area (Å²) in [4.78, 5) is 194. The number of amides is 14. The number of aliphatic hydroxyl groups excluding tert-OH is 3. The van der Waals surface area contributed by atoms with Gasteiger partial charge in [0.2, 0.25) is 70.9 Å². The number of nitrogens with zero attached hydrogens (tertiary/aromatic N) is 2. The molecular formula is C61H80N14O20S. The Kier molecular flexibility index (Phi) is 24.5. The van der Waals surface area contributed by atoms with Crippen LogP contribution >= 0.6 is 0 Å². The number of nitrogens with one attached hydrogen (secondary N) is 11. The summed E-state index contributed by atoms with van der Waals surface area (Å²) in [5, 5.41) is 55.8. The van der Waals surface area contributed by atoms with Gasteiger partial charge in [-0.05, 0) is 54.2 Å². The molecule has 0 saturated carbocycles. The third-order valence-electron chi connectivity index (χ3n) is 16.8. The summed E-state index contributed by atoms with van der Waals surface area (Å²) >= 11 is 0. The molecular weight excluding hydrogens is 1280 g/mol. The van der Waals surface area contributed by atoms with Crippen LogP contribution in [-0.2, 0) is 90.0 Å². The molecule has 0 aliphatic carbocycles. The van der Waals surface area contributed by atoms with Crippen molar-refractivity contribution in [3.8, 4) is 5.75 Å². The highest BCUT2D eigenvalue weighted by molar-refractivity contribution is 7.91. The third kappa shape index (κ3) is 18.5. The molecule has 520 valence electrons. The van der Waals surface area contributed by atoms with Crippen LogP contribution in [0.1, 0.15) is 78.4 Å². The number of anilines is 1. The minimum absolute atomic E-state index is 0.00156. The number of benzene rings is 2. The average Bonchev–Trinajstić information content (AvgIpc) is 1.61. The second-order valence-electron chi connectivity index (χ2n) is 24.3. The smallest absolute Gasteiger partial charge is 0.253 e. The molecule has 14 amide bonds. The molecule has 0 spiro atoms. The van der Waals surface area contributed by atoms with Crippen molar-refractivity contribution in [1.82, 2.24) is 62.6 Å². The van der Waals surface area contributed by atoms with Crippen molar-refractivity contribution < 1.29 is 95.6 Å². The minimum atomic E-state index is -5.07. The van der Waals surface area contributed by atoms with Crippen molar-refractivity contribution in [3.05, 3.63) is 65.7 Å². The lowest BCUT2D eigenvalue weighted by Gasteiger charge is -2.32. The number of nitrogens with two attached hydrogens (primary N) is 1. The van der Waals surface area contributed by atoms with Crippen LogP contribution in [0.15, 0.2) is 59.6 Å². The number of ether oxygens (including phenoxy) is 1. The Balaban J connectivity index is 1.21. The van der Waals surface area contributed by atoms with Gasteiger partial charge in [0.05, 0.1) is 49.6 Å². The predicted octanol–water partition coefficient (Wildman–Crippen LogP) is -5.48. The Labute approximate surface area is 550 Å². The van der Waals surface area contributed by atoms with Gasteiger partial charge in [-0.3, -0.25) is 72.0 Å². The number of rotatable bonds is 19. The van der Waals surface area contributed by atoms with E-state index in [1.165, 1.54) is 44.2 Å². The zero-order valence-electron chi connectivity index (χ0n) is 53.3. The molecule has 16 N–H and O–H groups in total. The monoisotopic (exact) mass is 1360 g/mol. The molecule has 1 unspecified atom stereocenters. The van der Waals surface area contributed by atoms with E-state index in [0.29, 0.717) is 17.7 Å². The first kappa shape index (κ1) is 73.5. The van der Waals surface area contributed by atoms with E-state index in [1.54, 1.807) is 39.8 Å². The first-order valence-electron chi connectivity index (χ1n) is 30.9. The van der Waals surface area contributed by atoms with E-state index >= 15 is 8.42 Å². The number of aromatic nitrogens is 1. The van der Waals surface area contributed by atoms with E-state index in [9.17, 15) is 82.4 Å². The molecule has 4 aliphatic heterocycles. The lowest BCUT2D eigenvalue weighted by Crippen LogP contribution is -2.62. The van der Waals surface area contributed by atoms with Gasteiger partial charge in [-0.15, -0.1) is 0 Å². The van der Waals surface area contributed by atoms with Crippen LogP contribution in [0.4, 0.5) is 5.69 Å². The molecule has 96 heavy (non-hydrogen) atoms. The van der Waals surface area contributed by atoms with Gasteiger partial charge in [-0.1, -0.05) is 53.2 Å². The maximum atomic E-state index is 15.2. The second kappa shape index (κ2) is 32.0. The maximum absolute atomic E-state index is 15.2. The summed E-state index contributed by atoms with van der Waals surface area (Å²) in [6, 6.07) is -2.82. The lowest BCUT2D eigenvalue weighted by atomic mass is 9.93. The number of sulfone groups is 1. The van der Waals surface area contributed by atoms with Gasteiger partial charge >= 0.3 is 0 Å². The normalized spacial score (nSPS) is 23.9. The Morgan fingerprint density at radius 2 is 1.42 bits per heavy atom. The van der Waals surface area contributed by atoms with Crippen LogP contribution in [0.25, 0.3) is 10.9 Å². The zero-order chi connectivity index (χ0) is 70.6. The van der Waals surface area contributed by atoms with Crippen molar-refractivity contribution >= 4 is 109 Å². The summed E-state index contributed by atoms with van der Waals surface area (Å²) in [6.45, 7) is 5.60. The van der Waals surface area contributed by atoms with Crippen molar-refractivity contribution in [1.29, 1.82) is 0 Å². The molecule has 1 saturated heterocycles. The number of fused-ring (bicyclic) bond motifs is 5. The summed E-state index contributed by atoms with van der Waals surface area (Å²) in [6.07, 6.45) is -3.26. The number of imide groups is 1. The van der Waals surface area contributed by atoms with E-state index in [4.69, 9.17) is 10.5 Å². The maximum Gasteiger partial charge on any atom is 0.253 e. The minimum Gasteiger partial charge on any atom is -0.489 e. The number of primary amides is 1. The fourth-order valence-corrected chi connectivity index (χ4v) is 12.7. The van der Waals surface area contributed by atoms with Gasteiger partial charge in [0.15, 0.2) is 9.84 Å². The van der Waals surface area contributed by atoms with Crippen molar-refractivity contribution in [3.63, 3.8) is 0 Å². The molecule has 12 atom stereocenters. The molecule has 1 fully saturated rings. The highest BCUT2D eigenvalue weighted by Crippen LogP contribution is 2.32. The fraction of sp³-hybridized carbons (Fsp3) is 0.508. The molecule has 34 nitrogen and oxygen atoms in total. The quantitative estimate of drug-likeness (QED) is 0.0498. The highest BCUT2D eigenvalue weighted by atomic mass is 32.2. The van der Waals surface area contributed by atoms with E-state index < -0.39 is 227 Å². The molecule has 4 aliphatic rings. The number of H-pyrrole nitrogens is 1. The number of hydrogen-bond acceptors (Lipinski definition) is 20. The number of aliphatic hydroxyl groups is 3. The van der Waals surface area contributed by atoms with E-state index in [0.717, 1.165) is 22.0 Å². The van der Waals surface area contributed by atoms with Gasteiger partial charge < -0.3 is 88.8 Å². The van der Waals surface area contributed by atoms with Crippen molar-refractivity contribution in [2.75, 3.05) is 43.9 Å². The van der Waals surface area contributed by atoms with Gasteiger partial charge in [0.1, 0.15) is 65.7 Å². The van der Waals surface area contributed by atoms with Crippen LogP contribution in [0.2, 0.25) is 0 Å². The van der Waals surface area contributed by atoms with Gasteiger partial charge in [0, 0.05) is 67.6 Å². The molecule has 35 heteroatoms.